The molecular formula is C31H31Cl2NO6. The van der Waals surface area contributed by atoms with E-state index < -0.39 is 12.1 Å². The van der Waals surface area contributed by atoms with Crippen LogP contribution in [0.5, 0.6) is 17.2 Å². The first-order valence-electron chi connectivity index (χ1n) is 12.8. The molecule has 0 fully saturated rings. The van der Waals surface area contributed by atoms with Crippen LogP contribution in [-0.4, -0.2) is 47.8 Å². The van der Waals surface area contributed by atoms with Gasteiger partial charge in [0, 0.05) is 38.7 Å². The van der Waals surface area contributed by atoms with E-state index in [1.165, 1.54) is 18.7 Å². The van der Waals surface area contributed by atoms with Gasteiger partial charge in [0.05, 0.1) is 0 Å². The van der Waals surface area contributed by atoms with Crippen molar-refractivity contribution in [2.45, 2.75) is 27.2 Å². The molecular weight excluding hydrogens is 553 g/mol. The molecule has 3 rings (SSSR count). The summed E-state index contributed by atoms with van der Waals surface area (Å²) >= 11 is 11.6. The molecule has 0 N–H and O–H groups in total. The van der Waals surface area contributed by atoms with Gasteiger partial charge in [0.15, 0.2) is 0 Å². The largest absolute Gasteiger partial charge is 0.427 e. The van der Waals surface area contributed by atoms with Crippen LogP contribution in [0.15, 0.2) is 72.8 Å². The molecule has 0 radical (unpaired) electrons. The minimum atomic E-state index is -0.520. The lowest BCUT2D eigenvalue weighted by molar-refractivity contribution is -0.132. The fraction of sp³-hybridized carbons (Fsp3) is 0.258. The minimum absolute atomic E-state index is 0.275. The van der Waals surface area contributed by atoms with Crippen molar-refractivity contribution in [3.05, 3.63) is 89.5 Å². The fourth-order valence-corrected chi connectivity index (χ4v) is 4.55. The van der Waals surface area contributed by atoms with E-state index in [-0.39, 0.29) is 17.7 Å². The van der Waals surface area contributed by atoms with Crippen molar-refractivity contribution in [1.29, 1.82) is 0 Å². The number of alkyl halides is 2. The number of halogens is 2. The number of rotatable bonds is 11. The van der Waals surface area contributed by atoms with Gasteiger partial charge in [-0.05, 0) is 70.7 Å². The second-order valence-electron chi connectivity index (χ2n) is 8.70. The van der Waals surface area contributed by atoms with Crippen LogP contribution in [0.2, 0.25) is 0 Å². The highest BCUT2D eigenvalue weighted by Crippen LogP contribution is 2.36. The SMILES string of the molecule is CC/C(=C(\c1ccc(OC(C)=O)cc1)c1ccc(OC(=O)N(CCCl)CCCl)cc1)c1ccc(OC(C)=O)cc1. The summed E-state index contributed by atoms with van der Waals surface area (Å²) in [5.41, 5.74) is 4.72. The van der Waals surface area contributed by atoms with Gasteiger partial charge in [-0.15, -0.1) is 23.2 Å². The number of esters is 2. The highest BCUT2D eigenvalue weighted by molar-refractivity contribution is 6.18. The molecule has 3 aromatic rings. The van der Waals surface area contributed by atoms with Crippen molar-refractivity contribution >= 4 is 52.4 Å². The number of carbonyl (C=O) groups excluding carboxylic acids is 3. The first kappa shape index (κ1) is 30.7. The Morgan fingerprint density at radius 1 is 0.625 bits per heavy atom. The monoisotopic (exact) mass is 583 g/mol. The zero-order valence-corrected chi connectivity index (χ0v) is 24.1. The molecule has 0 aliphatic carbocycles. The van der Waals surface area contributed by atoms with E-state index in [9.17, 15) is 14.4 Å². The summed E-state index contributed by atoms with van der Waals surface area (Å²) in [7, 11) is 0. The maximum absolute atomic E-state index is 12.6. The molecule has 210 valence electrons. The summed E-state index contributed by atoms with van der Waals surface area (Å²) in [6.45, 7) is 5.43. The van der Waals surface area contributed by atoms with Crippen molar-refractivity contribution in [2.75, 3.05) is 24.8 Å². The summed E-state index contributed by atoms with van der Waals surface area (Å²) in [6.07, 6.45) is 0.171. The molecule has 0 saturated heterocycles. The summed E-state index contributed by atoms with van der Waals surface area (Å²) in [4.78, 5) is 36.8. The zero-order valence-electron chi connectivity index (χ0n) is 22.6. The molecule has 0 bridgehead atoms. The molecule has 0 aliphatic heterocycles. The first-order valence-corrected chi connectivity index (χ1v) is 13.8. The smallest absolute Gasteiger partial charge is 0.415 e. The van der Waals surface area contributed by atoms with Crippen LogP contribution in [0.1, 0.15) is 43.9 Å². The summed E-state index contributed by atoms with van der Waals surface area (Å²) in [5, 5.41) is 0. The van der Waals surface area contributed by atoms with Gasteiger partial charge < -0.3 is 19.1 Å². The summed E-state index contributed by atoms with van der Waals surface area (Å²) in [5.74, 6) is 1.06. The average molecular weight is 584 g/mol. The molecule has 0 saturated carbocycles. The van der Waals surface area contributed by atoms with Crippen molar-refractivity contribution in [3.8, 4) is 17.2 Å². The Bertz CT molecular complexity index is 1330. The second kappa shape index (κ2) is 15.1. The number of nitrogens with zero attached hydrogens (tertiary/aromatic N) is 1. The van der Waals surface area contributed by atoms with Crippen LogP contribution < -0.4 is 14.2 Å². The molecule has 1 amide bonds. The van der Waals surface area contributed by atoms with Crippen molar-refractivity contribution < 1.29 is 28.6 Å². The highest BCUT2D eigenvalue weighted by atomic mass is 35.5. The molecule has 9 heteroatoms. The Morgan fingerprint density at radius 2 is 1.00 bits per heavy atom. The minimum Gasteiger partial charge on any atom is -0.427 e. The van der Waals surface area contributed by atoms with Crippen LogP contribution in [0.3, 0.4) is 0 Å². The van der Waals surface area contributed by atoms with Crippen molar-refractivity contribution in [2.24, 2.45) is 0 Å². The Kier molecular flexibility index (Phi) is 11.6. The molecule has 40 heavy (non-hydrogen) atoms. The number of amides is 1. The maximum Gasteiger partial charge on any atom is 0.415 e. The van der Waals surface area contributed by atoms with Crippen LogP contribution >= 0.6 is 23.2 Å². The summed E-state index contributed by atoms with van der Waals surface area (Å²) < 4.78 is 16.0. The van der Waals surface area contributed by atoms with E-state index >= 15 is 0 Å². The van der Waals surface area contributed by atoms with Crippen molar-refractivity contribution in [1.82, 2.24) is 4.90 Å². The lowest BCUT2D eigenvalue weighted by Crippen LogP contribution is -2.36. The third-order valence-corrected chi connectivity index (χ3v) is 6.18. The van der Waals surface area contributed by atoms with E-state index in [4.69, 9.17) is 37.4 Å². The van der Waals surface area contributed by atoms with Gasteiger partial charge in [0.25, 0.3) is 0 Å². The predicted molar refractivity (Wildman–Crippen MR) is 157 cm³/mol. The molecule has 0 atom stereocenters. The van der Waals surface area contributed by atoms with Crippen LogP contribution in [0, 0.1) is 0 Å². The van der Waals surface area contributed by atoms with Gasteiger partial charge in [0.2, 0.25) is 0 Å². The molecule has 0 spiro atoms. The number of benzene rings is 3. The van der Waals surface area contributed by atoms with Crippen LogP contribution in [-0.2, 0) is 9.59 Å². The Balaban J connectivity index is 2.03. The molecule has 7 nitrogen and oxygen atoms in total. The quantitative estimate of drug-likeness (QED) is 0.103. The predicted octanol–water partition coefficient (Wildman–Crippen LogP) is 7.18. The van der Waals surface area contributed by atoms with Crippen LogP contribution in [0.4, 0.5) is 4.79 Å². The topological polar surface area (TPSA) is 82.1 Å². The van der Waals surface area contributed by atoms with E-state index in [1.807, 2.05) is 36.4 Å². The third kappa shape index (κ3) is 8.60. The van der Waals surface area contributed by atoms with E-state index in [0.29, 0.717) is 36.8 Å². The number of ether oxygens (including phenoxy) is 3. The molecule has 0 aliphatic rings. The standard InChI is InChI=1S/C31H31Cl2NO6/c1-4-29(23-5-11-26(12-6-23)38-21(2)35)30(24-7-13-27(14-8-24)39-22(3)36)25-9-15-28(16-10-25)40-31(37)34(19-17-32)20-18-33/h5-16H,4,17-20H2,1-3H3/b30-29-. The fourth-order valence-electron chi connectivity index (χ4n) is 4.14. The van der Waals surface area contributed by atoms with Crippen LogP contribution in [0.25, 0.3) is 11.1 Å². The Hall–Kier alpha value is -3.81. The lowest BCUT2D eigenvalue weighted by atomic mass is 9.88. The van der Waals surface area contributed by atoms with E-state index in [2.05, 4.69) is 6.92 Å². The highest BCUT2D eigenvalue weighted by Gasteiger charge is 2.17. The molecule has 0 unspecified atom stereocenters. The van der Waals surface area contributed by atoms with Gasteiger partial charge in [-0.3, -0.25) is 9.59 Å². The molecule has 0 heterocycles. The van der Waals surface area contributed by atoms with Gasteiger partial charge >= 0.3 is 18.0 Å². The van der Waals surface area contributed by atoms with Gasteiger partial charge in [0.1, 0.15) is 17.2 Å². The number of hydrogen-bond donors (Lipinski definition) is 0. The molecule has 3 aromatic carbocycles. The number of hydrogen-bond acceptors (Lipinski definition) is 6. The van der Waals surface area contributed by atoms with Gasteiger partial charge in [-0.2, -0.15) is 0 Å². The normalized spacial score (nSPS) is 11.3. The molecule has 0 aromatic heterocycles. The Labute approximate surface area is 244 Å². The summed E-state index contributed by atoms with van der Waals surface area (Å²) in [6, 6.07) is 21.8. The number of carbonyl (C=O) groups is 3. The van der Waals surface area contributed by atoms with Gasteiger partial charge in [-0.1, -0.05) is 43.3 Å². The number of allylic oxidation sites excluding steroid dienone is 1. The first-order chi connectivity index (χ1) is 19.2. The lowest BCUT2D eigenvalue weighted by Gasteiger charge is -2.20. The van der Waals surface area contributed by atoms with Gasteiger partial charge in [-0.25, -0.2) is 4.79 Å². The van der Waals surface area contributed by atoms with E-state index in [0.717, 1.165) is 27.8 Å². The zero-order chi connectivity index (χ0) is 29.1. The second-order valence-corrected chi connectivity index (χ2v) is 9.46. The Morgan fingerprint density at radius 3 is 1.35 bits per heavy atom. The van der Waals surface area contributed by atoms with Crippen molar-refractivity contribution in [3.63, 3.8) is 0 Å². The maximum atomic E-state index is 12.6. The average Bonchev–Trinajstić information content (AvgIpc) is 2.93. The third-order valence-electron chi connectivity index (χ3n) is 5.84. The van der Waals surface area contributed by atoms with E-state index in [1.54, 1.807) is 36.4 Å².